The van der Waals surface area contributed by atoms with E-state index in [-0.39, 0.29) is 47.3 Å². The van der Waals surface area contributed by atoms with E-state index in [0.717, 1.165) is 50.2 Å². The Balaban J connectivity index is 0.000000194. The molecule has 4 heterocycles. The van der Waals surface area contributed by atoms with Crippen molar-refractivity contribution in [2.45, 2.75) is 76.5 Å². The third-order valence-corrected chi connectivity index (χ3v) is 14.8. The fourth-order valence-electron chi connectivity index (χ4n) is 8.57. The Hall–Kier alpha value is -5.74. The van der Waals surface area contributed by atoms with E-state index in [9.17, 15) is 32.4 Å². The number of sulfone groups is 1. The number of hydrogen-bond acceptors (Lipinski definition) is 9. The molecule has 0 aliphatic heterocycles. The van der Waals surface area contributed by atoms with Crippen LogP contribution in [-0.4, -0.2) is 76.3 Å². The summed E-state index contributed by atoms with van der Waals surface area (Å²) >= 11 is 0. The van der Waals surface area contributed by atoms with E-state index in [2.05, 4.69) is 62.2 Å². The molecule has 4 aromatic carbocycles. The summed E-state index contributed by atoms with van der Waals surface area (Å²) in [6.45, 7) is 8.88. The molecular formula is C50H58N6O7S2. The second-order valence-electron chi connectivity index (χ2n) is 17.4. The molecule has 0 fully saturated rings. The third kappa shape index (κ3) is 10.1. The Morgan fingerprint density at radius 2 is 1.08 bits per heavy atom. The van der Waals surface area contributed by atoms with Crippen LogP contribution >= 0.6 is 0 Å². The molecule has 0 saturated heterocycles. The van der Waals surface area contributed by atoms with E-state index in [1.807, 2.05) is 71.4 Å². The van der Waals surface area contributed by atoms with Gasteiger partial charge < -0.3 is 19.3 Å². The summed E-state index contributed by atoms with van der Waals surface area (Å²) in [4.78, 5) is 26.3. The zero-order valence-corrected chi connectivity index (χ0v) is 39.5. The summed E-state index contributed by atoms with van der Waals surface area (Å²) in [7, 11) is -2.06. The minimum absolute atomic E-state index is 0.00638. The van der Waals surface area contributed by atoms with Crippen LogP contribution in [0.1, 0.15) is 63.1 Å². The molecule has 342 valence electrons. The van der Waals surface area contributed by atoms with E-state index in [4.69, 9.17) is 0 Å². The standard InChI is InChI=1S/C25H29N3O4S.C25H29N3O3S/c1-17(2)14-22-21-16-28(15-19-10-6-9-18-8-4-5-11-20(18)19)25(33(31,32)13-7-12-29)23(21)24(30)27(3)26-22;1-17(2)14-22-21-16-28(15-19-10-6-9-18-8-4-5-11-20(18)19)25(32(31)13-7-12-29)23(21)24(30)27(3)26-22/h4-6,8-11,16-17,29H,7,12-15H2,1-3H3;4-6,8-11,16-17,29H,7,12-15H2,1-3H3. The third-order valence-electron chi connectivity index (χ3n) is 11.5. The van der Waals surface area contributed by atoms with E-state index < -0.39 is 26.2 Å². The monoisotopic (exact) mass is 918 g/mol. The smallest absolute Gasteiger partial charge is 0.277 e. The fourth-order valence-corrected chi connectivity index (χ4v) is 11.6. The van der Waals surface area contributed by atoms with Crippen LogP contribution in [0.5, 0.6) is 0 Å². The first-order chi connectivity index (χ1) is 31.1. The quantitative estimate of drug-likeness (QED) is 0.105. The molecule has 0 aliphatic rings. The number of aliphatic hydroxyl groups excluding tert-OH is 2. The second-order valence-corrected chi connectivity index (χ2v) is 21.0. The second kappa shape index (κ2) is 20.2. The first-order valence-corrected chi connectivity index (χ1v) is 25.0. The van der Waals surface area contributed by atoms with Crippen molar-refractivity contribution in [2.24, 2.45) is 25.9 Å². The van der Waals surface area contributed by atoms with E-state index in [1.165, 1.54) is 9.36 Å². The van der Waals surface area contributed by atoms with Gasteiger partial charge in [-0.1, -0.05) is 113 Å². The first kappa shape index (κ1) is 47.2. The number of benzene rings is 4. The molecule has 13 nitrogen and oxygen atoms in total. The molecule has 15 heteroatoms. The van der Waals surface area contributed by atoms with Gasteiger partial charge in [-0.05, 0) is 70.2 Å². The Morgan fingerprint density at radius 1 is 0.615 bits per heavy atom. The minimum Gasteiger partial charge on any atom is -0.396 e. The van der Waals surface area contributed by atoms with Gasteiger partial charge >= 0.3 is 0 Å². The van der Waals surface area contributed by atoms with Crippen LogP contribution < -0.4 is 11.1 Å². The molecule has 0 saturated carbocycles. The highest BCUT2D eigenvalue weighted by atomic mass is 32.2. The Labute approximate surface area is 381 Å². The molecular weight excluding hydrogens is 861 g/mol. The molecule has 2 N–H and O–H groups in total. The zero-order valence-electron chi connectivity index (χ0n) is 37.9. The highest BCUT2D eigenvalue weighted by molar-refractivity contribution is 7.91. The maximum Gasteiger partial charge on any atom is 0.277 e. The van der Waals surface area contributed by atoms with Gasteiger partial charge in [-0.2, -0.15) is 10.2 Å². The Morgan fingerprint density at radius 3 is 1.60 bits per heavy atom. The molecule has 8 rings (SSSR count). The average Bonchev–Trinajstić information content (AvgIpc) is 3.86. The van der Waals surface area contributed by atoms with Gasteiger partial charge in [0.2, 0.25) is 0 Å². The van der Waals surface area contributed by atoms with Crippen LogP contribution in [0.4, 0.5) is 0 Å². The summed E-state index contributed by atoms with van der Waals surface area (Å²) in [6, 6.07) is 28.2. The summed E-state index contributed by atoms with van der Waals surface area (Å²) in [5.41, 5.74) is 2.93. The van der Waals surface area contributed by atoms with Crippen LogP contribution in [0.3, 0.4) is 0 Å². The normalized spacial score (nSPS) is 12.5. The lowest BCUT2D eigenvalue weighted by atomic mass is 10.0. The van der Waals surface area contributed by atoms with Crippen molar-refractivity contribution in [3.63, 3.8) is 0 Å². The van der Waals surface area contributed by atoms with Gasteiger partial charge in [-0.15, -0.1) is 0 Å². The van der Waals surface area contributed by atoms with E-state index >= 15 is 0 Å². The molecule has 65 heavy (non-hydrogen) atoms. The van der Waals surface area contributed by atoms with Crippen molar-refractivity contribution in [3.8, 4) is 0 Å². The van der Waals surface area contributed by atoms with Crippen LogP contribution in [0.2, 0.25) is 0 Å². The van der Waals surface area contributed by atoms with E-state index in [0.29, 0.717) is 59.1 Å². The molecule has 0 bridgehead atoms. The lowest BCUT2D eigenvalue weighted by molar-refractivity contribution is 0.295. The highest BCUT2D eigenvalue weighted by Crippen LogP contribution is 2.31. The molecule has 1 unspecified atom stereocenters. The van der Waals surface area contributed by atoms with Gasteiger partial charge in [-0.25, -0.2) is 17.8 Å². The van der Waals surface area contributed by atoms with Crippen molar-refractivity contribution >= 4 is 63.7 Å². The molecule has 0 amide bonds. The summed E-state index contributed by atoms with van der Waals surface area (Å²) in [6.07, 6.45) is 5.57. The Kier molecular flexibility index (Phi) is 14.7. The van der Waals surface area contributed by atoms with Gasteiger partial charge in [-0.3, -0.25) is 13.8 Å². The molecule has 0 radical (unpaired) electrons. The van der Waals surface area contributed by atoms with Crippen molar-refractivity contribution in [3.05, 3.63) is 141 Å². The number of rotatable bonds is 16. The molecule has 0 spiro atoms. The van der Waals surface area contributed by atoms with E-state index in [1.54, 1.807) is 24.9 Å². The summed E-state index contributed by atoms with van der Waals surface area (Å²) in [5.74, 6) is 0.723. The molecule has 0 aliphatic carbocycles. The zero-order chi connectivity index (χ0) is 46.6. The SMILES string of the molecule is CC(C)Cc1nn(C)c(=O)c2c(S(=O)(=O)CCCO)n(Cc3cccc4ccccc34)cc12.CC(C)Cc1nn(C)c(=O)c2c(S(=O)CCCO)n(Cc3cccc4ccccc34)cc12. The van der Waals surface area contributed by atoms with Gasteiger partial charge in [0.15, 0.2) is 9.84 Å². The number of fused-ring (bicyclic) bond motifs is 4. The largest absolute Gasteiger partial charge is 0.396 e. The van der Waals surface area contributed by atoms with Gasteiger partial charge in [0, 0.05) is 69.3 Å². The predicted molar refractivity (Wildman–Crippen MR) is 260 cm³/mol. The lowest BCUT2D eigenvalue weighted by Crippen LogP contribution is -2.24. The van der Waals surface area contributed by atoms with Crippen molar-refractivity contribution in [1.29, 1.82) is 0 Å². The lowest BCUT2D eigenvalue weighted by Gasteiger charge is -2.12. The maximum absolute atomic E-state index is 13.4. The van der Waals surface area contributed by atoms with Crippen molar-refractivity contribution in [1.82, 2.24) is 28.7 Å². The fraction of sp³-hybridized carbons (Fsp3) is 0.360. The highest BCUT2D eigenvalue weighted by Gasteiger charge is 2.28. The number of nitrogens with zero attached hydrogens (tertiary/aromatic N) is 6. The van der Waals surface area contributed by atoms with Gasteiger partial charge in [0.1, 0.15) is 10.1 Å². The van der Waals surface area contributed by atoms with Crippen LogP contribution in [-0.2, 0) is 60.7 Å². The topological polar surface area (TPSA) is 171 Å². The predicted octanol–water partition coefficient (Wildman–Crippen LogP) is 6.92. The first-order valence-electron chi connectivity index (χ1n) is 22.1. The van der Waals surface area contributed by atoms with Gasteiger partial charge in [0.25, 0.3) is 11.1 Å². The van der Waals surface area contributed by atoms with Gasteiger partial charge in [0.05, 0.1) is 38.7 Å². The average molecular weight is 919 g/mol. The van der Waals surface area contributed by atoms with Crippen LogP contribution in [0.15, 0.2) is 117 Å². The number of aryl methyl sites for hydroxylation is 2. The number of aliphatic hydroxyl groups is 2. The summed E-state index contributed by atoms with van der Waals surface area (Å²) in [5, 5.41) is 34.4. The Bertz CT molecular complexity index is 3260. The van der Waals surface area contributed by atoms with Crippen LogP contribution in [0, 0.1) is 11.8 Å². The molecule has 1 atom stereocenters. The number of aromatic nitrogens is 6. The summed E-state index contributed by atoms with van der Waals surface area (Å²) < 4.78 is 46.4. The maximum atomic E-state index is 13.4. The number of hydrogen-bond donors (Lipinski definition) is 2. The molecule has 4 aromatic heterocycles. The molecule has 8 aromatic rings. The van der Waals surface area contributed by atoms with Crippen molar-refractivity contribution in [2.75, 3.05) is 24.7 Å². The minimum atomic E-state index is -3.83. The van der Waals surface area contributed by atoms with Crippen molar-refractivity contribution < 1.29 is 22.8 Å². The van der Waals surface area contributed by atoms with Crippen LogP contribution in [0.25, 0.3) is 43.1 Å².